The molecule has 2 N–H and O–H groups in total. The van der Waals surface area contributed by atoms with Gasteiger partial charge in [0.1, 0.15) is 11.6 Å². The maximum atomic E-state index is 12.7. The highest BCUT2D eigenvalue weighted by atomic mass is 16.5. The SMILES string of the molecule is COc1ccc(CC(C2CCC(C(=O)Nc3ccccn3)CC2)N2CCNCC2)cc1. The van der Waals surface area contributed by atoms with Crippen molar-refractivity contribution in [1.29, 1.82) is 0 Å². The minimum absolute atomic E-state index is 0.0860. The average molecular weight is 423 g/mol. The number of aromatic nitrogens is 1. The number of hydrogen-bond acceptors (Lipinski definition) is 5. The smallest absolute Gasteiger partial charge is 0.228 e. The summed E-state index contributed by atoms with van der Waals surface area (Å²) in [6, 6.07) is 14.6. The number of nitrogens with zero attached hydrogens (tertiary/aromatic N) is 2. The zero-order valence-electron chi connectivity index (χ0n) is 18.4. The minimum atomic E-state index is 0.0860. The van der Waals surface area contributed by atoms with Crippen LogP contribution in [0.5, 0.6) is 5.75 Å². The summed E-state index contributed by atoms with van der Waals surface area (Å²) in [5.74, 6) is 2.38. The molecule has 2 heterocycles. The number of piperazine rings is 1. The average Bonchev–Trinajstić information content (AvgIpc) is 2.84. The van der Waals surface area contributed by atoms with Crippen molar-refractivity contribution in [3.05, 3.63) is 54.2 Å². The van der Waals surface area contributed by atoms with Crippen molar-refractivity contribution in [2.24, 2.45) is 11.8 Å². The second-order valence-corrected chi connectivity index (χ2v) is 8.72. The van der Waals surface area contributed by atoms with E-state index in [1.54, 1.807) is 13.3 Å². The number of carbonyl (C=O) groups is 1. The molecular formula is C25H34N4O2. The maximum Gasteiger partial charge on any atom is 0.228 e. The lowest BCUT2D eigenvalue weighted by atomic mass is 9.76. The molecule has 1 aliphatic carbocycles. The lowest BCUT2D eigenvalue weighted by Crippen LogP contribution is -2.52. The van der Waals surface area contributed by atoms with Gasteiger partial charge >= 0.3 is 0 Å². The topological polar surface area (TPSA) is 66.5 Å². The Morgan fingerprint density at radius 2 is 1.87 bits per heavy atom. The molecule has 2 aromatic rings. The van der Waals surface area contributed by atoms with Crippen molar-refractivity contribution in [1.82, 2.24) is 15.2 Å². The molecule has 31 heavy (non-hydrogen) atoms. The van der Waals surface area contributed by atoms with Gasteiger partial charge in [0.25, 0.3) is 0 Å². The van der Waals surface area contributed by atoms with Crippen molar-refractivity contribution in [3.8, 4) is 5.75 Å². The van der Waals surface area contributed by atoms with Crippen LogP contribution in [0.3, 0.4) is 0 Å². The molecule has 2 aliphatic rings. The fourth-order valence-electron chi connectivity index (χ4n) is 5.04. The van der Waals surface area contributed by atoms with Gasteiger partial charge in [-0.25, -0.2) is 4.98 Å². The van der Waals surface area contributed by atoms with E-state index in [2.05, 4.69) is 44.8 Å². The second kappa shape index (κ2) is 10.7. The zero-order chi connectivity index (χ0) is 21.5. The van der Waals surface area contributed by atoms with Gasteiger partial charge < -0.3 is 15.4 Å². The van der Waals surface area contributed by atoms with Crippen molar-refractivity contribution >= 4 is 11.7 Å². The summed E-state index contributed by atoms with van der Waals surface area (Å²) in [7, 11) is 1.71. The Balaban J connectivity index is 1.38. The summed E-state index contributed by atoms with van der Waals surface area (Å²) in [5.41, 5.74) is 1.36. The molecule has 1 aliphatic heterocycles. The highest BCUT2D eigenvalue weighted by molar-refractivity contribution is 5.91. The third-order valence-electron chi connectivity index (χ3n) is 6.83. The Morgan fingerprint density at radius 1 is 1.13 bits per heavy atom. The monoisotopic (exact) mass is 422 g/mol. The first-order chi connectivity index (χ1) is 15.2. The van der Waals surface area contributed by atoms with Gasteiger partial charge in [-0.2, -0.15) is 0 Å². The van der Waals surface area contributed by atoms with E-state index in [0.717, 1.165) is 64.0 Å². The number of nitrogens with one attached hydrogen (secondary N) is 2. The Morgan fingerprint density at radius 3 is 2.52 bits per heavy atom. The van der Waals surface area contributed by atoms with E-state index in [-0.39, 0.29) is 11.8 Å². The van der Waals surface area contributed by atoms with Crippen molar-refractivity contribution in [2.45, 2.75) is 38.1 Å². The number of amides is 1. The second-order valence-electron chi connectivity index (χ2n) is 8.72. The number of pyridine rings is 1. The lowest BCUT2D eigenvalue weighted by Gasteiger charge is -2.42. The third-order valence-corrected chi connectivity index (χ3v) is 6.83. The van der Waals surface area contributed by atoms with Crippen LogP contribution < -0.4 is 15.4 Å². The van der Waals surface area contributed by atoms with Crippen LogP contribution in [0.2, 0.25) is 0 Å². The number of benzene rings is 1. The van der Waals surface area contributed by atoms with Gasteiger partial charge in [0.05, 0.1) is 7.11 Å². The van der Waals surface area contributed by atoms with Crippen LogP contribution >= 0.6 is 0 Å². The molecule has 0 bridgehead atoms. The molecule has 166 valence electrons. The zero-order valence-corrected chi connectivity index (χ0v) is 18.4. The number of ether oxygens (including phenoxy) is 1. The quantitative estimate of drug-likeness (QED) is 0.716. The van der Waals surface area contributed by atoms with E-state index >= 15 is 0 Å². The van der Waals surface area contributed by atoms with Crippen LogP contribution in [-0.2, 0) is 11.2 Å². The molecular weight excluding hydrogens is 388 g/mol. The van der Waals surface area contributed by atoms with Gasteiger partial charge in [0.2, 0.25) is 5.91 Å². The first kappa shape index (κ1) is 21.8. The molecule has 0 radical (unpaired) electrons. The van der Waals surface area contributed by atoms with E-state index in [9.17, 15) is 4.79 Å². The summed E-state index contributed by atoms with van der Waals surface area (Å²) >= 11 is 0. The van der Waals surface area contributed by atoms with Crippen molar-refractivity contribution < 1.29 is 9.53 Å². The summed E-state index contributed by atoms with van der Waals surface area (Å²) in [4.78, 5) is 19.6. The summed E-state index contributed by atoms with van der Waals surface area (Å²) in [6.07, 6.45) is 6.88. The molecule has 1 saturated carbocycles. The van der Waals surface area contributed by atoms with E-state index in [0.29, 0.717) is 17.8 Å². The number of hydrogen-bond donors (Lipinski definition) is 2. The number of anilines is 1. The third kappa shape index (κ3) is 5.83. The summed E-state index contributed by atoms with van der Waals surface area (Å²) < 4.78 is 5.32. The Kier molecular flexibility index (Phi) is 7.54. The van der Waals surface area contributed by atoms with Crippen molar-refractivity contribution in [3.63, 3.8) is 0 Å². The summed E-state index contributed by atoms with van der Waals surface area (Å²) in [5, 5.41) is 6.47. The molecule has 2 fully saturated rings. The molecule has 1 atom stereocenters. The molecule has 1 saturated heterocycles. The molecule has 6 nitrogen and oxygen atoms in total. The number of carbonyl (C=O) groups excluding carboxylic acids is 1. The molecule has 0 spiro atoms. The van der Waals surface area contributed by atoms with Gasteiger partial charge in [-0.3, -0.25) is 9.69 Å². The molecule has 4 rings (SSSR count). The van der Waals surface area contributed by atoms with E-state index in [1.807, 2.05) is 18.2 Å². The summed E-state index contributed by atoms with van der Waals surface area (Å²) in [6.45, 7) is 4.31. The number of rotatable bonds is 7. The maximum absolute atomic E-state index is 12.7. The molecule has 1 aromatic heterocycles. The normalized spacial score (nSPS) is 23.1. The Hall–Kier alpha value is -2.44. The van der Waals surface area contributed by atoms with Gasteiger partial charge in [-0.1, -0.05) is 18.2 Å². The van der Waals surface area contributed by atoms with Gasteiger partial charge in [0.15, 0.2) is 0 Å². The predicted molar refractivity (Wildman–Crippen MR) is 123 cm³/mol. The Bertz CT molecular complexity index is 813. The molecule has 1 amide bonds. The van der Waals surface area contributed by atoms with E-state index in [4.69, 9.17) is 4.74 Å². The fourth-order valence-corrected chi connectivity index (χ4v) is 5.04. The van der Waals surface area contributed by atoms with Crippen LogP contribution in [0.4, 0.5) is 5.82 Å². The van der Waals surface area contributed by atoms with E-state index < -0.39 is 0 Å². The standard InChI is InChI=1S/C25H34N4O2/c1-31-22-11-5-19(6-12-22)18-23(29-16-14-26-15-17-29)20-7-9-21(10-8-20)25(30)28-24-4-2-3-13-27-24/h2-6,11-13,20-21,23,26H,7-10,14-18H2,1H3,(H,27,28,30). The first-order valence-electron chi connectivity index (χ1n) is 11.5. The number of methoxy groups -OCH3 is 1. The highest BCUT2D eigenvalue weighted by Crippen LogP contribution is 2.35. The Labute approximate surface area is 185 Å². The molecule has 1 unspecified atom stereocenters. The highest BCUT2D eigenvalue weighted by Gasteiger charge is 2.34. The van der Waals surface area contributed by atoms with Crippen LogP contribution in [0, 0.1) is 11.8 Å². The van der Waals surface area contributed by atoms with Crippen LogP contribution in [0.15, 0.2) is 48.7 Å². The van der Waals surface area contributed by atoms with Crippen LogP contribution in [0.25, 0.3) is 0 Å². The van der Waals surface area contributed by atoms with Gasteiger partial charge in [0, 0.05) is 44.3 Å². The lowest BCUT2D eigenvalue weighted by molar-refractivity contribution is -0.121. The van der Waals surface area contributed by atoms with Gasteiger partial charge in [-0.15, -0.1) is 0 Å². The first-order valence-corrected chi connectivity index (χ1v) is 11.5. The molecule has 6 heteroatoms. The minimum Gasteiger partial charge on any atom is -0.497 e. The van der Waals surface area contributed by atoms with Crippen LogP contribution in [0.1, 0.15) is 31.2 Å². The largest absolute Gasteiger partial charge is 0.497 e. The fraction of sp³-hybridized carbons (Fsp3) is 0.520. The molecule has 1 aromatic carbocycles. The van der Waals surface area contributed by atoms with Gasteiger partial charge in [-0.05, 0) is 67.9 Å². The van der Waals surface area contributed by atoms with E-state index in [1.165, 1.54) is 5.56 Å². The van der Waals surface area contributed by atoms with Crippen LogP contribution in [-0.4, -0.2) is 55.1 Å². The predicted octanol–water partition coefficient (Wildman–Crippen LogP) is 3.35. The van der Waals surface area contributed by atoms with Crippen molar-refractivity contribution in [2.75, 3.05) is 38.6 Å².